The zero-order valence-corrected chi connectivity index (χ0v) is 13.7. The molecule has 26 heavy (non-hydrogen) atoms. The summed E-state index contributed by atoms with van der Waals surface area (Å²) < 4.78 is 10.6. The molecule has 1 unspecified atom stereocenters. The summed E-state index contributed by atoms with van der Waals surface area (Å²) in [5.74, 6) is -0.455. The van der Waals surface area contributed by atoms with Crippen LogP contribution in [0.15, 0.2) is 65.4 Å². The van der Waals surface area contributed by atoms with Gasteiger partial charge in [0.15, 0.2) is 6.10 Å². The average Bonchev–Trinajstić information content (AvgIpc) is 3.34. The van der Waals surface area contributed by atoms with Crippen molar-refractivity contribution in [3.8, 4) is 11.5 Å². The van der Waals surface area contributed by atoms with Crippen molar-refractivity contribution in [3.63, 3.8) is 0 Å². The van der Waals surface area contributed by atoms with Gasteiger partial charge in [-0.25, -0.2) is 4.79 Å². The number of anilines is 1. The molecule has 3 aromatic rings. The third kappa shape index (κ3) is 3.06. The van der Waals surface area contributed by atoms with Crippen molar-refractivity contribution in [3.05, 3.63) is 66.6 Å². The number of esters is 1. The van der Waals surface area contributed by atoms with Crippen molar-refractivity contribution in [2.45, 2.75) is 12.5 Å². The van der Waals surface area contributed by atoms with Crippen molar-refractivity contribution in [2.75, 3.05) is 11.4 Å². The topological polar surface area (TPSA) is 85.5 Å². The number of nitrogens with zero attached hydrogens (tertiary/aromatic N) is 3. The fourth-order valence-electron chi connectivity index (χ4n) is 2.90. The number of benzene rings is 2. The van der Waals surface area contributed by atoms with Gasteiger partial charge in [-0.3, -0.25) is 4.79 Å². The van der Waals surface area contributed by atoms with Crippen LogP contribution in [0.1, 0.15) is 16.8 Å². The zero-order valence-electron chi connectivity index (χ0n) is 13.7. The fourth-order valence-corrected chi connectivity index (χ4v) is 2.90. The number of hydrogen-bond acceptors (Lipinski definition) is 6. The Labute approximate surface area is 149 Å². The minimum absolute atomic E-state index is 0.211. The van der Waals surface area contributed by atoms with Gasteiger partial charge in [0, 0.05) is 24.2 Å². The van der Waals surface area contributed by atoms with Gasteiger partial charge in [-0.2, -0.15) is 0 Å². The predicted molar refractivity (Wildman–Crippen MR) is 92.3 cm³/mol. The van der Waals surface area contributed by atoms with Gasteiger partial charge in [0.05, 0.1) is 5.56 Å². The summed E-state index contributed by atoms with van der Waals surface area (Å²) in [6.45, 7) is 0.517. The first kappa shape index (κ1) is 16.0. The molecule has 1 aromatic heterocycles. The molecule has 1 fully saturated rings. The molecule has 7 nitrogen and oxygen atoms in total. The highest BCUT2D eigenvalue weighted by molar-refractivity contribution is 6.01. The number of para-hydroxylation sites is 1. The van der Waals surface area contributed by atoms with E-state index in [0.29, 0.717) is 30.0 Å². The highest BCUT2D eigenvalue weighted by atomic mass is 16.5. The van der Waals surface area contributed by atoms with Gasteiger partial charge in [-0.1, -0.05) is 24.3 Å². The fraction of sp³-hybridized carbons (Fsp3) is 0.158. The van der Waals surface area contributed by atoms with Crippen LogP contribution in [0.3, 0.4) is 0 Å². The summed E-state index contributed by atoms with van der Waals surface area (Å²) >= 11 is 0. The van der Waals surface area contributed by atoms with E-state index in [9.17, 15) is 9.59 Å². The second kappa shape index (κ2) is 6.79. The summed E-state index contributed by atoms with van der Waals surface area (Å²) in [4.78, 5) is 26.6. The molecule has 1 amide bonds. The molecule has 0 saturated carbocycles. The molecule has 0 spiro atoms. The zero-order chi connectivity index (χ0) is 17.9. The highest BCUT2D eigenvalue weighted by Gasteiger charge is 2.35. The lowest BCUT2D eigenvalue weighted by Crippen LogP contribution is -2.32. The number of rotatable bonds is 4. The molecule has 1 atom stereocenters. The maximum Gasteiger partial charge on any atom is 0.338 e. The van der Waals surface area contributed by atoms with E-state index in [0.717, 1.165) is 5.69 Å². The smallest absolute Gasteiger partial charge is 0.338 e. The van der Waals surface area contributed by atoms with E-state index < -0.39 is 12.1 Å². The minimum atomic E-state index is -0.783. The molecule has 130 valence electrons. The highest BCUT2D eigenvalue weighted by Crippen LogP contribution is 2.24. The third-order valence-electron chi connectivity index (χ3n) is 4.18. The predicted octanol–water partition coefficient (Wildman–Crippen LogP) is 2.70. The van der Waals surface area contributed by atoms with Crippen LogP contribution in [0.4, 0.5) is 5.69 Å². The van der Waals surface area contributed by atoms with Gasteiger partial charge < -0.3 is 14.1 Å². The van der Waals surface area contributed by atoms with Crippen LogP contribution in [0.25, 0.3) is 11.5 Å². The molecule has 1 aliphatic heterocycles. The van der Waals surface area contributed by atoms with Crippen LogP contribution in [0.2, 0.25) is 0 Å². The Morgan fingerprint density at radius 1 is 1.15 bits per heavy atom. The Morgan fingerprint density at radius 3 is 2.77 bits per heavy atom. The van der Waals surface area contributed by atoms with Crippen molar-refractivity contribution in [1.82, 2.24) is 10.2 Å². The van der Waals surface area contributed by atoms with Gasteiger partial charge >= 0.3 is 5.97 Å². The quantitative estimate of drug-likeness (QED) is 0.673. The molecule has 0 aliphatic carbocycles. The number of carbonyl (C=O) groups excluding carboxylic acids is 2. The van der Waals surface area contributed by atoms with Crippen LogP contribution in [-0.2, 0) is 9.53 Å². The SMILES string of the molecule is O=C(OC1CCN(c2ccccc2)C1=O)c1cccc(-c2nnco2)c1. The minimum Gasteiger partial charge on any atom is -0.449 e. The first-order valence-electron chi connectivity index (χ1n) is 8.16. The van der Waals surface area contributed by atoms with Crippen LogP contribution >= 0.6 is 0 Å². The van der Waals surface area contributed by atoms with Gasteiger partial charge in [0.1, 0.15) is 0 Å². The standard InChI is InChI=1S/C19H15N3O4/c23-18-16(9-10-22(18)15-7-2-1-3-8-15)26-19(24)14-6-4-5-13(11-14)17-21-20-12-25-17/h1-8,11-12,16H,9-10H2. The molecule has 2 aromatic carbocycles. The Hall–Kier alpha value is -3.48. The molecule has 1 saturated heterocycles. The van der Waals surface area contributed by atoms with E-state index in [1.807, 2.05) is 30.3 Å². The summed E-state index contributed by atoms with van der Waals surface area (Å²) in [6, 6.07) is 16.0. The van der Waals surface area contributed by atoms with Crippen LogP contribution in [0.5, 0.6) is 0 Å². The number of ether oxygens (including phenoxy) is 1. The lowest BCUT2D eigenvalue weighted by Gasteiger charge is -2.16. The summed E-state index contributed by atoms with van der Waals surface area (Å²) in [7, 11) is 0. The van der Waals surface area contributed by atoms with Crippen molar-refractivity contribution < 1.29 is 18.7 Å². The number of hydrogen-bond donors (Lipinski definition) is 0. The summed E-state index contributed by atoms with van der Waals surface area (Å²) in [5, 5.41) is 7.44. The Balaban J connectivity index is 1.47. The van der Waals surface area contributed by atoms with E-state index in [4.69, 9.17) is 9.15 Å². The first-order chi connectivity index (χ1) is 12.7. The molecular weight excluding hydrogens is 334 g/mol. The van der Waals surface area contributed by atoms with Crippen molar-refractivity contribution >= 4 is 17.6 Å². The van der Waals surface area contributed by atoms with E-state index in [-0.39, 0.29) is 5.91 Å². The van der Waals surface area contributed by atoms with E-state index in [1.54, 1.807) is 29.2 Å². The van der Waals surface area contributed by atoms with Crippen LogP contribution in [-0.4, -0.2) is 34.7 Å². The molecule has 0 bridgehead atoms. The monoisotopic (exact) mass is 349 g/mol. The summed E-state index contributed by atoms with van der Waals surface area (Å²) in [5.41, 5.74) is 1.74. The van der Waals surface area contributed by atoms with Gasteiger partial charge in [0.2, 0.25) is 12.3 Å². The van der Waals surface area contributed by atoms with Crippen LogP contribution < -0.4 is 4.90 Å². The Morgan fingerprint density at radius 2 is 2.00 bits per heavy atom. The second-order valence-corrected chi connectivity index (χ2v) is 5.83. The normalized spacial score (nSPS) is 16.7. The van der Waals surface area contributed by atoms with E-state index in [2.05, 4.69) is 10.2 Å². The largest absolute Gasteiger partial charge is 0.449 e. The Bertz CT molecular complexity index is 925. The maximum atomic E-state index is 12.5. The molecule has 2 heterocycles. The number of carbonyl (C=O) groups is 2. The van der Waals surface area contributed by atoms with Crippen LogP contribution in [0, 0.1) is 0 Å². The first-order valence-corrected chi connectivity index (χ1v) is 8.16. The third-order valence-corrected chi connectivity index (χ3v) is 4.18. The Kier molecular flexibility index (Phi) is 4.18. The number of amides is 1. The molecule has 0 radical (unpaired) electrons. The molecule has 0 N–H and O–H groups in total. The lowest BCUT2D eigenvalue weighted by atomic mass is 10.1. The molecule has 4 rings (SSSR count). The molecule has 7 heteroatoms. The second-order valence-electron chi connectivity index (χ2n) is 5.83. The average molecular weight is 349 g/mol. The summed E-state index contributed by atoms with van der Waals surface area (Å²) in [6.07, 6.45) is 0.896. The van der Waals surface area contributed by atoms with E-state index in [1.165, 1.54) is 6.39 Å². The van der Waals surface area contributed by atoms with Crippen molar-refractivity contribution in [2.24, 2.45) is 0 Å². The van der Waals surface area contributed by atoms with Gasteiger partial charge in [-0.05, 0) is 30.3 Å². The van der Waals surface area contributed by atoms with Gasteiger partial charge in [-0.15, -0.1) is 10.2 Å². The maximum absolute atomic E-state index is 12.5. The molecular formula is C19H15N3O4. The number of aromatic nitrogens is 2. The van der Waals surface area contributed by atoms with E-state index >= 15 is 0 Å². The van der Waals surface area contributed by atoms with Gasteiger partial charge in [0.25, 0.3) is 5.91 Å². The molecule has 1 aliphatic rings. The van der Waals surface area contributed by atoms with Crippen molar-refractivity contribution in [1.29, 1.82) is 0 Å². The lowest BCUT2D eigenvalue weighted by molar-refractivity contribution is -0.124.